The van der Waals surface area contributed by atoms with Crippen molar-refractivity contribution in [2.45, 2.75) is 26.0 Å². The molecule has 3 aromatic rings. The molecule has 0 bridgehead atoms. The minimum Gasteiger partial charge on any atom is -0.481 e. The molecule has 0 radical (unpaired) electrons. The second-order valence-corrected chi connectivity index (χ2v) is 8.85. The van der Waals surface area contributed by atoms with E-state index < -0.39 is 16.1 Å². The SMILES string of the molecule is CCC(Oc1ccc(N(C)S(C)(=O)=O)cc1)C(=O)NCc1nc(-c2ccccc2)no1. The third-order valence-electron chi connectivity index (χ3n) is 4.55. The number of aromatic nitrogens is 2. The summed E-state index contributed by atoms with van der Waals surface area (Å²) in [6.45, 7) is 1.91. The van der Waals surface area contributed by atoms with Gasteiger partial charge in [0.2, 0.25) is 21.7 Å². The van der Waals surface area contributed by atoms with Gasteiger partial charge in [-0.05, 0) is 30.7 Å². The molecule has 0 aliphatic heterocycles. The van der Waals surface area contributed by atoms with Crippen LogP contribution >= 0.6 is 0 Å². The highest BCUT2D eigenvalue weighted by molar-refractivity contribution is 7.92. The Morgan fingerprint density at radius 1 is 1.16 bits per heavy atom. The summed E-state index contributed by atoms with van der Waals surface area (Å²) in [4.78, 5) is 16.8. The fourth-order valence-corrected chi connectivity index (χ4v) is 3.23. The van der Waals surface area contributed by atoms with E-state index in [1.54, 1.807) is 24.3 Å². The molecule has 164 valence electrons. The third-order valence-corrected chi connectivity index (χ3v) is 5.76. The highest BCUT2D eigenvalue weighted by Gasteiger charge is 2.20. The molecule has 10 heteroatoms. The van der Waals surface area contributed by atoms with Crippen molar-refractivity contribution in [2.75, 3.05) is 17.6 Å². The lowest BCUT2D eigenvalue weighted by Gasteiger charge is -2.19. The zero-order valence-corrected chi connectivity index (χ0v) is 18.3. The van der Waals surface area contributed by atoms with Crippen LogP contribution in [0.3, 0.4) is 0 Å². The van der Waals surface area contributed by atoms with Gasteiger partial charge in [0.25, 0.3) is 5.91 Å². The molecule has 0 fully saturated rings. The number of hydrogen-bond donors (Lipinski definition) is 1. The van der Waals surface area contributed by atoms with Crippen molar-refractivity contribution in [2.24, 2.45) is 0 Å². The molecule has 1 N–H and O–H groups in total. The van der Waals surface area contributed by atoms with Gasteiger partial charge in [-0.2, -0.15) is 4.98 Å². The van der Waals surface area contributed by atoms with E-state index in [1.165, 1.54) is 7.05 Å². The van der Waals surface area contributed by atoms with E-state index in [-0.39, 0.29) is 18.3 Å². The molecule has 31 heavy (non-hydrogen) atoms. The van der Waals surface area contributed by atoms with Crippen molar-refractivity contribution in [3.63, 3.8) is 0 Å². The topological polar surface area (TPSA) is 115 Å². The number of nitrogens with one attached hydrogen (secondary N) is 1. The molecule has 0 saturated heterocycles. The van der Waals surface area contributed by atoms with Gasteiger partial charge in [0, 0.05) is 12.6 Å². The lowest BCUT2D eigenvalue weighted by atomic mass is 10.2. The molecule has 1 amide bonds. The number of sulfonamides is 1. The van der Waals surface area contributed by atoms with E-state index in [9.17, 15) is 13.2 Å². The molecular formula is C21H24N4O5S. The maximum absolute atomic E-state index is 12.5. The second kappa shape index (κ2) is 9.61. The maximum Gasteiger partial charge on any atom is 0.261 e. The first kappa shape index (κ1) is 22.3. The number of amides is 1. The lowest BCUT2D eigenvalue weighted by molar-refractivity contribution is -0.128. The number of rotatable bonds is 9. The average Bonchev–Trinajstić information content (AvgIpc) is 3.25. The smallest absolute Gasteiger partial charge is 0.261 e. The summed E-state index contributed by atoms with van der Waals surface area (Å²) in [6.07, 6.45) is 0.840. The largest absolute Gasteiger partial charge is 0.481 e. The van der Waals surface area contributed by atoms with Crippen LogP contribution in [0.4, 0.5) is 5.69 Å². The molecule has 1 unspecified atom stereocenters. The van der Waals surface area contributed by atoms with Gasteiger partial charge >= 0.3 is 0 Å². The third kappa shape index (κ3) is 5.82. The highest BCUT2D eigenvalue weighted by atomic mass is 32.2. The molecule has 3 rings (SSSR count). The van der Waals surface area contributed by atoms with Crippen LogP contribution in [0.15, 0.2) is 59.1 Å². The molecule has 1 aromatic heterocycles. The standard InChI is InChI=1S/C21H24N4O5S/c1-4-18(29-17-12-10-16(11-13-17)25(2)31(3,27)28)21(26)22-14-19-23-20(24-30-19)15-8-6-5-7-9-15/h5-13,18H,4,14H2,1-3H3,(H,22,26). The van der Waals surface area contributed by atoms with Crippen LogP contribution in [-0.2, 0) is 21.4 Å². The predicted octanol–water partition coefficient (Wildman–Crippen LogP) is 2.61. The van der Waals surface area contributed by atoms with Gasteiger partial charge in [0.15, 0.2) is 6.10 Å². The number of carbonyl (C=O) groups is 1. The Bertz CT molecular complexity index is 1110. The van der Waals surface area contributed by atoms with Gasteiger partial charge in [0.1, 0.15) is 5.75 Å². The predicted molar refractivity (Wildman–Crippen MR) is 116 cm³/mol. The molecule has 1 atom stereocenters. The highest BCUT2D eigenvalue weighted by Crippen LogP contribution is 2.21. The Morgan fingerprint density at radius 2 is 1.84 bits per heavy atom. The number of benzene rings is 2. The molecular weight excluding hydrogens is 420 g/mol. The number of carbonyl (C=O) groups excluding carboxylic acids is 1. The zero-order chi connectivity index (χ0) is 22.4. The Morgan fingerprint density at radius 3 is 2.45 bits per heavy atom. The Hall–Kier alpha value is -3.40. The minimum absolute atomic E-state index is 0.0800. The van der Waals surface area contributed by atoms with Gasteiger partial charge in [-0.3, -0.25) is 9.10 Å². The summed E-state index contributed by atoms with van der Waals surface area (Å²) >= 11 is 0. The van der Waals surface area contributed by atoms with Crippen molar-refractivity contribution in [1.29, 1.82) is 0 Å². The van der Waals surface area contributed by atoms with Gasteiger partial charge in [-0.25, -0.2) is 8.42 Å². The van der Waals surface area contributed by atoms with Crippen LogP contribution in [0.2, 0.25) is 0 Å². The first-order valence-corrected chi connectivity index (χ1v) is 11.5. The maximum atomic E-state index is 12.5. The Labute approximate surface area is 181 Å². The van der Waals surface area contributed by atoms with E-state index in [0.29, 0.717) is 23.7 Å². The summed E-state index contributed by atoms with van der Waals surface area (Å²) in [5, 5.41) is 6.66. The van der Waals surface area contributed by atoms with Crippen LogP contribution in [0, 0.1) is 0 Å². The molecule has 9 nitrogen and oxygen atoms in total. The van der Waals surface area contributed by atoms with Crippen LogP contribution in [-0.4, -0.2) is 43.9 Å². The number of anilines is 1. The van der Waals surface area contributed by atoms with Gasteiger partial charge in [0.05, 0.1) is 18.5 Å². The van der Waals surface area contributed by atoms with Gasteiger partial charge < -0.3 is 14.6 Å². The van der Waals surface area contributed by atoms with Crippen LogP contribution < -0.4 is 14.4 Å². The minimum atomic E-state index is -3.35. The summed E-state index contributed by atoms with van der Waals surface area (Å²) in [5.74, 6) is 0.874. The van der Waals surface area contributed by atoms with Crippen molar-refractivity contribution in [3.05, 3.63) is 60.5 Å². The van der Waals surface area contributed by atoms with E-state index >= 15 is 0 Å². The summed E-state index contributed by atoms with van der Waals surface area (Å²) < 4.78 is 35.4. The summed E-state index contributed by atoms with van der Waals surface area (Å²) in [7, 11) is -1.88. The lowest BCUT2D eigenvalue weighted by Crippen LogP contribution is -2.37. The van der Waals surface area contributed by atoms with Crippen LogP contribution in [0.5, 0.6) is 5.75 Å². The normalized spacial score (nSPS) is 12.2. The van der Waals surface area contributed by atoms with Crippen LogP contribution in [0.25, 0.3) is 11.4 Å². The molecule has 0 saturated carbocycles. The monoisotopic (exact) mass is 444 g/mol. The van der Waals surface area contributed by atoms with Gasteiger partial charge in [-0.1, -0.05) is 42.4 Å². The number of ether oxygens (including phenoxy) is 1. The summed E-state index contributed by atoms with van der Waals surface area (Å²) in [6, 6.07) is 15.9. The quantitative estimate of drug-likeness (QED) is 0.539. The second-order valence-electron chi connectivity index (χ2n) is 6.83. The van der Waals surface area contributed by atoms with Crippen molar-refractivity contribution >= 4 is 21.6 Å². The average molecular weight is 445 g/mol. The fourth-order valence-electron chi connectivity index (χ4n) is 2.72. The number of nitrogens with zero attached hydrogens (tertiary/aromatic N) is 3. The Balaban J connectivity index is 1.57. The molecule has 2 aromatic carbocycles. The molecule has 0 aliphatic rings. The first-order chi connectivity index (χ1) is 14.8. The molecule has 0 spiro atoms. The zero-order valence-electron chi connectivity index (χ0n) is 17.5. The summed E-state index contributed by atoms with van der Waals surface area (Å²) in [5.41, 5.74) is 1.32. The van der Waals surface area contributed by atoms with E-state index in [4.69, 9.17) is 9.26 Å². The van der Waals surface area contributed by atoms with E-state index in [1.807, 2.05) is 37.3 Å². The van der Waals surface area contributed by atoms with Crippen LogP contribution in [0.1, 0.15) is 19.2 Å². The van der Waals surface area contributed by atoms with Gasteiger partial charge in [-0.15, -0.1) is 0 Å². The fraction of sp³-hybridized carbons (Fsp3) is 0.286. The molecule has 1 heterocycles. The molecule has 0 aliphatic carbocycles. The van der Waals surface area contributed by atoms with Crippen molar-refractivity contribution in [3.8, 4) is 17.1 Å². The van der Waals surface area contributed by atoms with Crippen molar-refractivity contribution < 1.29 is 22.5 Å². The Kier molecular flexibility index (Phi) is 6.91. The first-order valence-electron chi connectivity index (χ1n) is 9.64. The number of hydrogen-bond acceptors (Lipinski definition) is 7. The van der Waals surface area contributed by atoms with E-state index in [0.717, 1.165) is 16.1 Å². The van der Waals surface area contributed by atoms with E-state index in [2.05, 4.69) is 15.5 Å². The van der Waals surface area contributed by atoms with Crippen molar-refractivity contribution in [1.82, 2.24) is 15.5 Å².